The van der Waals surface area contributed by atoms with Crippen molar-refractivity contribution in [3.63, 3.8) is 0 Å². The number of ketones is 1. The number of Topliss-reactive ketones (excluding diaryl/α,β-unsaturated/α-hetero) is 1. The minimum Gasteiger partial charge on any atom is -0.455 e. The van der Waals surface area contributed by atoms with E-state index in [0.29, 0.717) is 28.7 Å². The summed E-state index contributed by atoms with van der Waals surface area (Å²) in [7, 11) is 0. The Hall–Kier alpha value is -2.10. The van der Waals surface area contributed by atoms with Gasteiger partial charge in [-0.2, -0.15) is 0 Å². The summed E-state index contributed by atoms with van der Waals surface area (Å²) < 4.78 is 6.24. The molecule has 0 spiro atoms. The molecule has 4 heteroatoms. The first-order chi connectivity index (χ1) is 15.6. The Labute approximate surface area is 203 Å². The zero-order valence-electron chi connectivity index (χ0n) is 20.3. The SMILES string of the molecule is CC1(C)CC(CC(=O)c2ccc(Oc3ccccc3C3=CCCCC3)c(Cl)c2)CC(C)(C)N1. The Morgan fingerprint density at radius 3 is 2.42 bits per heavy atom. The predicted molar refractivity (Wildman–Crippen MR) is 137 cm³/mol. The number of nitrogens with one attached hydrogen (secondary N) is 1. The number of para-hydroxylation sites is 1. The molecule has 1 aliphatic carbocycles. The molecule has 0 atom stereocenters. The lowest BCUT2D eigenvalue weighted by Crippen LogP contribution is -2.57. The van der Waals surface area contributed by atoms with Gasteiger partial charge >= 0.3 is 0 Å². The third kappa shape index (κ3) is 6.07. The molecular weight excluding hydrogens is 430 g/mol. The van der Waals surface area contributed by atoms with Crippen LogP contribution >= 0.6 is 11.6 Å². The number of halogens is 1. The lowest BCUT2D eigenvalue weighted by Gasteiger charge is -2.46. The van der Waals surface area contributed by atoms with E-state index >= 15 is 0 Å². The minimum absolute atomic E-state index is 0.0310. The number of hydrogen-bond donors (Lipinski definition) is 1. The highest BCUT2D eigenvalue weighted by molar-refractivity contribution is 6.32. The van der Waals surface area contributed by atoms with Crippen LogP contribution < -0.4 is 10.1 Å². The number of carbonyl (C=O) groups excluding carboxylic acids is 1. The van der Waals surface area contributed by atoms with Crippen molar-refractivity contribution in [1.29, 1.82) is 0 Å². The first kappa shape index (κ1) is 24.0. The second-order valence-corrected chi connectivity index (χ2v) is 11.4. The summed E-state index contributed by atoms with van der Waals surface area (Å²) in [5.74, 6) is 1.90. The zero-order chi connectivity index (χ0) is 23.6. The number of allylic oxidation sites excluding steroid dienone is 2. The van der Waals surface area contributed by atoms with Gasteiger partial charge in [0.2, 0.25) is 0 Å². The fourth-order valence-corrected chi connectivity index (χ4v) is 6.06. The van der Waals surface area contributed by atoms with Crippen LogP contribution in [-0.4, -0.2) is 16.9 Å². The molecular formula is C29H36ClNO2. The second kappa shape index (κ2) is 9.64. The molecule has 1 saturated heterocycles. The van der Waals surface area contributed by atoms with E-state index in [1.54, 1.807) is 6.07 Å². The molecule has 0 aromatic heterocycles. The van der Waals surface area contributed by atoms with E-state index in [9.17, 15) is 4.79 Å². The zero-order valence-corrected chi connectivity index (χ0v) is 21.1. The van der Waals surface area contributed by atoms with Gasteiger partial charge in [0, 0.05) is 28.6 Å². The Bertz CT molecular complexity index is 1040. The first-order valence-corrected chi connectivity index (χ1v) is 12.6. The molecule has 1 fully saturated rings. The molecule has 4 rings (SSSR count). The van der Waals surface area contributed by atoms with Crippen molar-refractivity contribution in [3.05, 3.63) is 64.7 Å². The van der Waals surface area contributed by atoms with Crippen LogP contribution in [0.15, 0.2) is 48.5 Å². The average molecular weight is 466 g/mol. The fraction of sp³-hybridized carbons (Fsp3) is 0.483. The lowest BCUT2D eigenvalue weighted by atomic mass is 9.74. The Kier molecular flexibility index (Phi) is 7.02. The van der Waals surface area contributed by atoms with Crippen molar-refractivity contribution in [2.45, 2.75) is 83.7 Å². The van der Waals surface area contributed by atoms with Crippen LogP contribution in [-0.2, 0) is 0 Å². The molecule has 3 nitrogen and oxygen atoms in total. The van der Waals surface area contributed by atoms with Gasteiger partial charge < -0.3 is 10.1 Å². The topological polar surface area (TPSA) is 38.3 Å². The molecule has 1 N–H and O–H groups in total. The summed E-state index contributed by atoms with van der Waals surface area (Å²) in [6.45, 7) is 8.87. The van der Waals surface area contributed by atoms with Crippen LogP contribution in [0.2, 0.25) is 5.02 Å². The van der Waals surface area contributed by atoms with Gasteiger partial charge in [-0.1, -0.05) is 35.9 Å². The third-order valence-corrected chi connectivity index (χ3v) is 7.04. The summed E-state index contributed by atoms with van der Waals surface area (Å²) in [5, 5.41) is 4.16. The number of ether oxygens (including phenoxy) is 1. The highest BCUT2D eigenvalue weighted by Gasteiger charge is 2.38. The van der Waals surface area contributed by atoms with Gasteiger partial charge in [0.05, 0.1) is 5.02 Å². The van der Waals surface area contributed by atoms with Gasteiger partial charge in [-0.15, -0.1) is 0 Å². The van der Waals surface area contributed by atoms with E-state index in [4.69, 9.17) is 16.3 Å². The predicted octanol–water partition coefficient (Wildman–Crippen LogP) is 8.22. The van der Waals surface area contributed by atoms with Crippen molar-refractivity contribution >= 4 is 23.0 Å². The molecule has 1 aliphatic heterocycles. The maximum atomic E-state index is 13.1. The first-order valence-electron chi connectivity index (χ1n) is 12.2. The van der Waals surface area contributed by atoms with E-state index in [0.717, 1.165) is 37.0 Å². The van der Waals surface area contributed by atoms with Gasteiger partial charge in [-0.3, -0.25) is 4.79 Å². The van der Waals surface area contributed by atoms with Gasteiger partial charge in [-0.05, 0) is 102 Å². The summed E-state index contributed by atoms with van der Waals surface area (Å²) in [4.78, 5) is 13.1. The van der Waals surface area contributed by atoms with E-state index < -0.39 is 0 Å². The lowest BCUT2D eigenvalue weighted by molar-refractivity contribution is 0.0864. The number of piperidine rings is 1. The highest BCUT2D eigenvalue weighted by Crippen LogP contribution is 2.38. The van der Waals surface area contributed by atoms with E-state index in [2.05, 4.69) is 45.2 Å². The number of hydrogen-bond acceptors (Lipinski definition) is 3. The largest absolute Gasteiger partial charge is 0.455 e. The summed E-state index contributed by atoms with van der Waals surface area (Å²) in [6.07, 6.45) is 9.50. The van der Waals surface area contributed by atoms with E-state index in [-0.39, 0.29) is 16.9 Å². The number of benzene rings is 2. The maximum Gasteiger partial charge on any atom is 0.163 e. The van der Waals surface area contributed by atoms with Gasteiger partial charge in [-0.25, -0.2) is 0 Å². The summed E-state index contributed by atoms with van der Waals surface area (Å²) >= 11 is 6.59. The molecule has 2 aromatic carbocycles. The molecule has 33 heavy (non-hydrogen) atoms. The quantitative estimate of drug-likeness (QED) is 0.436. The molecule has 0 amide bonds. The highest BCUT2D eigenvalue weighted by atomic mass is 35.5. The Balaban J connectivity index is 1.48. The Morgan fingerprint density at radius 2 is 1.76 bits per heavy atom. The van der Waals surface area contributed by atoms with Gasteiger partial charge in [0.15, 0.2) is 5.78 Å². The molecule has 0 bridgehead atoms. The molecule has 0 saturated carbocycles. The third-order valence-electron chi connectivity index (χ3n) is 6.75. The van der Waals surface area contributed by atoms with Crippen LogP contribution in [0.4, 0.5) is 0 Å². The molecule has 176 valence electrons. The molecule has 2 aromatic rings. The van der Waals surface area contributed by atoms with Crippen molar-refractivity contribution in [1.82, 2.24) is 5.32 Å². The monoisotopic (exact) mass is 465 g/mol. The average Bonchev–Trinajstić information content (AvgIpc) is 2.74. The normalized spacial score (nSPS) is 20.2. The minimum atomic E-state index is 0.0310. The van der Waals surface area contributed by atoms with Gasteiger partial charge in [0.25, 0.3) is 0 Å². The van der Waals surface area contributed by atoms with Crippen LogP contribution in [0.25, 0.3) is 5.57 Å². The Morgan fingerprint density at radius 1 is 1.03 bits per heavy atom. The van der Waals surface area contributed by atoms with Crippen molar-refractivity contribution in [3.8, 4) is 11.5 Å². The van der Waals surface area contributed by atoms with Crippen molar-refractivity contribution < 1.29 is 9.53 Å². The van der Waals surface area contributed by atoms with E-state index in [1.807, 2.05) is 30.3 Å². The molecule has 1 heterocycles. The molecule has 0 radical (unpaired) electrons. The molecule has 0 unspecified atom stereocenters. The standard InChI is InChI=1S/C29H36ClNO2/c1-28(2)18-20(19-29(3,4)31-28)16-25(32)22-14-15-27(24(30)17-22)33-26-13-9-8-12-23(26)21-10-6-5-7-11-21/h8-10,12-15,17,20,31H,5-7,11,16,18-19H2,1-4H3. The maximum absolute atomic E-state index is 13.1. The molecule has 2 aliphatic rings. The van der Waals surface area contributed by atoms with Crippen LogP contribution in [0, 0.1) is 5.92 Å². The van der Waals surface area contributed by atoms with Gasteiger partial charge in [0.1, 0.15) is 11.5 Å². The van der Waals surface area contributed by atoms with E-state index in [1.165, 1.54) is 18.4 Å². The number of carbonyl (C=O) groups is 1. The van der Waals surface area contributed by atoms with Crippen molar-refractivity contribution in [2.75, 3.05) is 0 Å². The second-order valence-electron chi connectivity index (χ2n) is 11.0. The number of rotatable bonds is 6. The van der Waals surface area contributed by atoms with Crippen LogP contribution in [0.3, 0.4) is 0 Å². The van der Waals surface area contributed by atoms with Crippen molar-refractivity contribution in [2.24, 2.45) is 5.92 Å². The smallest absolute Gasteiger partial charge is 0.163 e. The summed E-state index contributed by atoms with van der Waals surface area (Å²) in [6, 6.07) is 13.6. The fourth-order valence-electron chi connectivity index (χ4n) is 5.84. The van der Waals surface area contributed by atoms with Crippen LogP contribution in [0.5, 0.6) is 11.5 Å². The van der Waals surface area contributed by atoms with Crippen LogP contribution in [0.1, 0.15) is 88.6 Å². The summed E-state index contributed by atoms with van der Waals surface area (Å²) in [5.41, 5.74) is 3.19.